The van der Waals surface area contributed by atoms with E-state index in [2.05, 4.69) is 12.1 Å². The maximum Gasteiger partial charge on any atom is 0.209 e. The summed E-state index contributed by atoms with van der Waals surface area (Å²) < 4.78 is 5.22. The molecule has 0 N–H and O–H groups in total. The van der Waals surface area contributed by atoms with Crippen molar-refractivity contribution in [2.45, 2.75) is 18.8 Å². The van der Waals surface area contributed by atoms with Crippen LogP contribution in [0.2, 0.25) is 0 Å². The highest BCUT2D eigenvalue weighted by atomic mass is 16.5. The lowest BCUT2D eigenvalue weighted by Gasteiger charge is -2.29. The number of likely N-dealkylation sites (tertiary alicyclic amines) is 1. The fraction of sp³-hybridized carbons (Fsp3) is 0.462. The summed E-state index contributed by atoms with van der Waals surface area (Å²) in [6.45, 7) is 1.73. The van der Waals surface area contributed by atoms with Crippen molar-refractivity contribution >= 4 is 6.41 Å². The Morgan fingerprint density at radius 3 is 2.75 bits per heavy atom. The first-order valence-corrected chi connectivity index (χ1v) is 5.67. The minimum Gasteiger partial charge on any atom is -0.497 e. The van der Waals surface area contributed by atoms with Gasteiger partial charge in [0.25, 0.3) is 0 Å². The molecule has 1 heterocycles. The summed E-state index contributed by atoms with van der Waals surface area (Å²) in [6, 6.07) is 8.23. The summed E-state index contributed by atoms with van der Waals surface area (Å²) in [5.74, 6) is 1.47. The minimum absolute atomic E-state index is 0.561. The lowest BCUT2D eigenvalue weighted by molar-refractivity contribution is -0.119. The molecule has 1 amide bonds. The van der Waals surface area contributed by atoms with Gasteiger partial charge in [-0.1, -0.05) is 12.1 Å². The van der Waals surface area contributed by atoms with Crippen LogP contribution in [0.3, 0.4) is 0 Å². The van der Waals surface area contributed by atoms with E-state index >= 15 is 0 Å². The zero-order valence-corrected chi connectivity index (χ0v) is 9.56. The number of rotatable bonds is 3. The van der Waals surface area contributed by atoms with Crippen molar-refractivity contribution in [1.82, 2.24) is 4.90 Å². The predicted molar refractivity (Wildman–Crippen MR) is 62.6 cm³/mol. The smallest absolute Gasteiger partial charge is 0.209 e. The van der Waals surface area contributed by atoms with E-state index in [-0.39, 0.29) is 0 Å². The third-order valence-electron chi connectivity index (χ3n) is 3.24. The van der Waals surface area contributed by atoms with Crippen LogP contribution in [0.25, 0.3) is 0 Å². The van der Waals surface area contributed by atoms with E-state index in [1.165, 1.54) is 5.56 Å². The fourth-order valence-corrected chi connectivity index (χ4v) is 2.23. The molecule has 0 aliphatic carbocycles. The van der Waals surface area contributed by atoms with Crippen LogP contribution in [-0.4, -0.2) is 31.5 Å². The quantitative estimate of drug-likeness (QED) is 0.728. The second kappa shape index (κ2) is 5.01. The number of nitrogens with zero attached hydrogens (tertiary/aromatic N) is 1. The normalized spacial score (nSPS) is 17.2. The van der Waals surface area contributed by atoms with E-state index in [0.29, 0.717) is 5.92 Å². The van der Waals surface area contributed by atoms with E-state index in [9.17, 15) is 4.79 Å². The molecule has 0 saturated carbocycles. The molecule has 86 valence electrons. The fourth-order valence-electron chi connectivity index (χ4n) is 2.23. The molecule has 1 saturated heterocycles. The van der Waals surface area contributed by atoms with Gasteiger partial charge in [0.2, 0.25) is 6.41 Å². The molecule has 2 rings (SSSR count). The van der Waals surface area contributed by atoms with E-state index in [0.717, 1.165) is 38.1 Å². The van der Waals surface area contributed by atoms with E-state index in [1.54, 1.807) is 7.11 Å². The van der Waals surface area contributed by atoms with Gasteiger partial charge in [0.1, 0.15) is 5.75 Å². The lowest BCUT2D eigenvalue weighted by Crippen LogP contribution is -2.31. The zero-order chi connectivity index (χ0) is 11.4. The van der Waals surface area contributed by atoms with Crippen LogP contribution in [0.5, 0.6) is 5.75 Å². The number of amides is 1. The van der Waals surface area contributed by atoms with Crippen molar-refractivity contribution in [3.05, 3.63) is 29.8 Å². The Bertz CT molecular complexity index is 357. The summed E-state index contributed by atoms with van der Waals surface area (Å²) in [5.41, 5.74) is 1.32. The van der Waals surface area contributed by atoms with Gasteiger partial charge in [-0.2, -0.15) is 0 Å². The Kier molecular flexibility index (Phi) is 3.44. The van der Waals surface area contributed by atoms with Crippen LogP contribution in [0.1, 0.15) is 24.3 Å². The number of methoxy groups -OCH3 is 1. The van der Waals surface area contributed by atoms with Crippen LogP contribution in [0.4, 0.5) is 0 Å². The van der Waals surface area contributed by atoms with Crippen molar-refractivity contribution in [3.63, 3.8) is 0 Å². The van der Waals surface area contributed by atoms with Gasteiger partial charge in [0, 0.05) is 13.1 Å². The molecule has 1 aromatic rings. The highest BCUT2D eigenvalue weighted by Gasteiger charge is 2.19. The van der Waals surface area contributed by atoms with Crippen molar-refractivity contribution in [3.8, 4) is 5.75 Å². The molecule has 16 heavy (non-hydrogen) atoms. The molecule has 1 aliphatic rings. The highest BCUT2D eigenvalue weighted by molar-refractivity contribution is 5.47. The molecule has 1 fully saturated rings. The molecule has 0 radical (unpaired) electrons. The number of carbonyl (C=O) groups excluding carboxylic acids is 1. The van der Waals surface area contributed by atoms with Crippen LogP contribution in [-0.2, 0) is 4.79 Å². The summed E-state index contributed by atoms with van der Waals surface area (Å²) in [7, 11) is 1.69. The van der Waals surface area contributed by atoms with Gasteiger partial charge in [-0.05, 0) is 36.5 Å². The van der Waals surface area contributed by atoms with Crippen molar-refractivity contribution < 1.29 is 9.53 Å². The van der Waals surface area contributed by atoms with Gasteiger partial charge < -0.3 is 9.64 Å². The maximum absolute atomic E-state index is 10.6. The van der Waals surface area contributed by atoms with Crippen molar-refractivity contribution in [2.75, 3.05) is 20.2 Å². The topological polar surface area (TPSA) is 29.5 Å². The van der Waals surface area contributed by atoms with Gasteiger partial charge in [0.15, 0.2) is 0 Å². The van der Waals surface area contributed by atoms with Gasteiger partial charge >= 0.3 is 0 Å². The Morgan fingerprint density at radius 1 is 1.38 bits per heavy atom. The van der Waals surface area contributed by atoms with E-state index in [1.807, 2.05) is 17.0 Å². The SMILES string of the molecule is COc1cccc(C2CCN(C=O)CC2)c1. The molecule has 3 nitrogen and oxygen atoms in total. The van der Waals surface area contributed by atoms with Gasteiger partial charge in [-0.25, -0.2) is 0 Å². The number of carbonyl (C=O) groups is 1. The number of hydrogen-bond donors (Lipinski definition) is 0. The second-order valence-corrected chi connectivity index (χ2v) is 4.19. The number of ether oxygens (including phenoxy) is 1. The summed E-state index contributed by atoms with van der Waals surface area (Å²) in [6.07, 6.45) is 3.04. The Morgan fingerprint density at radius 2 is 2.12 bits per heavy atom. The lowest BCUT2D eigenvalue weighted by atomic mass is 9.89. The highest BCUT2D eigenvalue weighted by Crippen LogP contribution is 2.29. The number of piperidine rings is 1. The van der Waals surface area contributed by atoms with Crippen molar-refractivity contribution in [2.24, 2.45) is 0 Å². The zero-order valence-electron chi connectivity index (χ0n) is 9.56. The maximum atomic E-state index is 10.6. The number of hydrogen-bond acceptors (Lipinski definition) is 2. The Hall–Kier alpha value is -1.51. The van der Waals surface area contributed by atoms with E-state index in [4.69, 9.17) is 4.74 Å². The summed E-state index contributed by atoms with van der Waals surface area (Å²) in [5, 5.41) is 0. The van der Waals surface area contributed by atoms with Crippen molar-refractivity contribution in [1.29, 1.82) is 0 Å². The average molecular weight is 219 g/mol. The molecular weight excluding hydrogens is 202 g/mol. The van der Waals surface area contributed by atoms with E-state index < -0.39 is 0 Å². The molecule has 3 heteroatoms. The monoisotopic (exact) mass is 219 g/mol. The molecule has 0 bridgehead atoms. The second-order valence-electron chi connectivity index (χ2n) is 4.19. The van der Waals surface area contributed by atoms with Crippen LogP contribution in [0, 0.1) is 0 Å². The first kappa shape index (κ1) is 11.0. The average Bonchev–Trinajstić information content (AvgIpc) is 2.39. The number of benzene rings is 1. The van der Waals surface area contributed by atoms with Crippen LogP contribution >= 0.6 is 0 Å². The molecular formula is C13H17NO2. The summed E-state index contributed by atoms with van der Waals surface area (Å²) in [4.78, 5) is 12.5. The third-order valence-corrected chi connectivity index (χ3v) is 3.24. The Labute approximate surface area is 96.0 Å². The minimum atomic E-state index is 0.561. The first-order chi connectivity index (χ1) is 7.83. The molecule has 0 atom stereocenters. The predicted octanol–water partition coefficient (Wildman–Crippen LogP) is 2.03. The molecule has 0 spiro atoms. The van der Waals surface area contributed by atoms with Crippen LogP contribution in [0.15, 0.2) is 24.3 Å². The molecule has 0 aromatic heterocycles. The third kappa shape index (κ3) is 2.35. The van der Waals surface area contributed by atoms with Crippen LogP contribution < -0.4 is 4.74 Å². The Balaban J connectivity index is 2.04. The molecule has 1 aromatic carbocycles. The molecule has 1 aliphatic heterocycles. The van der Waals surface area contributed by atoms with Gasteiger partial charge in [-0.15, -0.1) is 0 Å². The first-order valence-electron chi connectivity index (χ1n) is 5.67. The summed E-state index contributed by atoms with van der Waals surface area (Å²) >= 11 is 0. The largest absolute Gasteiger partial charge is 0.497 e. The van der Waals surface area contributed by atoms with Gasteiger partial charge in [0.05, 0.1) is 7.11 Å². The standard InChI is InChI=1S/C13H17NO2/c1-16-13-4-2-3-12(9-13)11-5-7-14(10-15)8-6-11/h2-4,9-11H,5-8H2,1H3. The molecule has 0 unspecified atom stereocenters. The van der Waals surface area contributed by atoms with Gasteiger partial charge in [-0.3, -0.25) is 4.79 Å².